The third-order valence-corrected chi connectivity index (χ3v) is 1.20. The van der Waals surface area contributed by atoms with Crippen LogP contribution in [-0.2, 0) is 0 Å². The van der Waals surface area contributed by atoms with Crippen molar-refractivity contribution in [2.75, 3.05) is 0 Å². The first-order chi connectivity index (χ1) is 5.26. The Kier molecular flexibility index (Phi) is 4.74. The van der Waals surface area contributed by atoms with Gasteiger partial charge in [0, 0.05) is 0 Å². The zero-order valence-corrected chi connectivity index (χ0v) is 6.80. The summed E-state index contributed by atoms with van der Waals surface area (Å²) in [4.78, 5) is 0. The van der Waals surface area contributed by atoms with Crippen molar-refractivity contribution in [3.63, 3.8) is 0 Å². The fourth-order valence-electron chi connectivity index (χ4n) is 0.586. The van der Waals surface area contributed by atoms with Crippen LogP contribution in [0.15, 0.2) is 49.1 Å². The molecule has 0 unspecified atom stereocenters. The predicted molar refractivity (Wildman–Crippen MR) is 51.0 cm³/mol. The molecule has 0 heterocycles. The second-order valence-electron chi connectivity index (χ2n) is 1.97. The van der Waals surface area contributed by atoms with Crippen LogP contribution in [0.5, 0.6) is 0 Å². The lowest BCUT2D eigenvalue weighted by atomic mass is 10.1. The Bertz CT molecular complexity index is 219. The molecule has 0 atom stereocenters. The van der Waals surface area contributed by atoms with Gasteiger partial charge in [-0.3, -0.25) is 0 Å². The molecular formula is C10H13N. The number of hydrogen-bond acceptors (Lipinski definition) is 1. The Morgan fingerprint density at radius 3 is 2.27 bits per heavy atom. The van der Waals surface area contributed by atoms with Gasteiger partial charge in [0.1, 0.15) is 0 Å². The Labute approximate surface area is 68.0 Å². The fourth-order valence-corrected chi connectivity index (χ4v) is 0.586. The fraction of sp³-hybridized carbons (Fsp3) is 0.100. The Balaban J connectivity index is 4.51. The molecule has 0 saturated heterocycles. The molecule has 0 radical (unpaired) electrons. The summed E-state index contributed by atoms with van der Waals surface area (Å²) < 4.78 is 0. The van der Waals surface area contributed by atoms with E-state index in [1.165, 1.54) is 6.08 Å². The first-order valence-corrected chi connectivity index (χ1v) is 3.43. The summed E-state index contributed by atoms with van der Waals surface area (Å²) in [6.45, 7) is 9.02. The summed E-state index contributed by atoms with van der Waals surface area (Å²) >= 11 is 0. The summed E-state index contributed by atoms with van der Waals surface area (Å²) in [5.41, 5.74) is 1.19. The number of hydrogen-bond donors (Lipinski definition) is 1. The van der Waals surface area contributed by atoms with E-state index in [1.54, 1.807) is 6.08 Å². The van der Waals surface area contributed by atoms with Crippen LogP contribution in [0, 0.1) is 5.41 Å². The Hall–Kier alpha value is -1.37. The van der Waals surface area contributed by atoms with Gasteiger partial charge in [-0.15, -0.1) is 0 Å². The first-order valence-electron chi connectivity index (χ1n) is 3.43. The predicted octanol–water partition coefficient (Wildman–Crippen LogP) is 2.88. The van der Waals surface area contributed by atoms with Crippen molar-refractivity contribution in [2.45, 2.75) is 6.92 Å². The highest BCUT2D eigenvalue weighted by atomic mass is 14.4. The van der Waals surface area contributed by atoms with Crippen molar-refractivity contribution in [1.82, 2.24) is 0 Å². The normalized spacial score (nSPS) is 11.5. The highest BCUT2D eigenvalue weighted by Gasteiger charge is 1.92. The lowest BCUT2D eigenvalue weighted by molar-refractivity contribution is 1.51. The molecule has 0 aliphatic rings. The lowest BCUT2D eigenvalue weighted by Crippen LogP contribution is -1.91. The zero-order chi connectivity index (χ0) is 8.69. The van der Waals surface area contributed by atoms with Crippen LogP contribution in [0.4, 0.5) is 0 Å². The molecule has 1 N–H and O–H groups in total. The first kappa shape index (κ1) is 9.63. The van der Waals surface area contributed by atoms with Gasteiger partial charge in [0.15, 0.2) is 0 Å². The van der Waals surface area contributed by atoms with Crippen molar-refractivity contribution in [1.29, 1.82) is 5.41 Å². The van der Waals surface area contributed by atoms with Crippen LogP contribution >= 0.6 is 0 Å². The molecule has 0 aromatic heterocycles. The van der Waals surface area contributed by atoms with Crippen LogP contribution in [-0.4, -0.2) is 5.71 Å². The van der Waals surface area contributed by atoms with E-state index in [9.17, 15) is 0 Å². The highest BCUT2D eigenvalue weighted by Crippen LogP contribution is 1.99. The summed E-state index contributed by atoms with van der Waals surface area (Å²) in [7, 11) is 0. The number of allylic oxidation sites excluding steroid dienone is 6. The standard InChI is InChI=1S/C10H13N/c1-4-7-8-9(5-2)10(11)6-3/h4-8,11H,2-3H2,1H3/b7-4-,9-8-,11-10?. The molecule has 0 bridgehead atoms. The molecule has 0 saturated carbocycles. The molecule has 0 aromatic rings. The van der Waals surface area contributed by atoms with Crippen molar-refractivity contribution < 1.29 is 0 Å². The van der Waals surface area contributed by atoms with E-state index < -0.39 is 0 Å². The van der Waals surface area contributed by atoms with Crippen LogP contribution < -0.4 is 0 Å². The van der Waals surface area contributed by atoms with Crippen molar-refractivity contribution in [2.24, 2.45) is 0 Å². The molecule has 58 valence electrons. The maximum absolute atomic E-state index is 7.38. The molecule has 0 fully saturated rings. The minimum absolute atomic E-state index is 0.401. The van der Waals surface area contributed by atoms with Crippen molar-refractivity contribution in [3.8, 4) is 0 Å². The third kappa shape index (κ3) is 3.36. The molecular weight excluding hydrogens is 134 g/mol. The lowest BCUT2D eigenvalue weighted by Gasteiger charge is -1.94. The van der Waals surface area contributed by atoms with E-state index in [0.717, 1.165) is 5.57 Å². The van der Waals surface area contributed by atoms with E-state index in [2.05, 4.69) is 13.2 Å². The molecule has 0 aromatic carbocycles. The van der Waals surface area contributed by atoms with Gasteiger partial charge in [0.2, 0.25) is 0 Å². The van der Waals surface area contributed by atoms with E-state index in [1.807, 2.05) is 25.2 Å². The summed E-state index contributed by atoms with van der Waals surface area (Å²) in [6, 6.07) is 0. The zero-order valence-electron chi connectivity index (χ0n) is 6.80. The van der Waals surface area contributed by atoms with E-state index in [0.29, 0.717) is 5.71 Å². The second-order valence-corrected chi connectivity index (χ2v) is 1.97. The van der Waals surface area contributed by atoms with Crippen LogP contribution in [0.25, 0.3) is 0 Å². The van der Waals surface area contributed by atoms with Crippen molar-refractivity contribution in [3.05, 3.63) is 49.1 Å². The SMILES string of the molecule is C=CC(=N)/C(C=C)=C\C=C/C. The van der Waals surface area contributed by atoms with E-state index in [4.69, 9.17) is 5.41 Å². The largest absolute Gasteiger partial charge is 0.300 e. The van der Waals surface area contributed by atoms with E-state index >= 15 is 0 Å². The van der Waals surface area contributed by atoms with Gasteiger partial charge in [0.25, 0.3) is 0 Å². The molecule has 11 heavy (non-hydrogen) atoms. The van der Waals surface area contributed by atoms with Gasteiger partial charge >= 0.3 is 0 Å². The van der Waals surface area contributed by atoms with Gasteiger partial charge in [-0.1, -0.05) is 37.5 Å². The third-order valence-electron chi connectivity index (χ3n) is 1.20. The van der Waals surface area contributed by atoms with Gasteiger partial charge in [-0.25, -0.2) is 0 Å². The van der Waals surface area contributed by atoms with Crippen LogP contribution in [0.1, 0.15) is 6.92 Å². The minimum atomic E-state index is 0.401. The molecule has 1 nitrogen and oxygen atoms in total. The molecule has 0 rings (SSSR count). The topological polar surface area (TPSA) is 23.9 Å². The van der Waals surface area contributed by atoms with Gasteiger partial charge in [0.05, 0.1) is 5.71 Å². The van der Waals surface area contributed by atoms with Crippen LogP contribution in [0.3, 0.4) is 0 Å². The summed E-state index contributed by atoms with van der Waals surface area (Å²) in [5.74, 6) is 0. The molecule has 0 amide bonds. The quantitative estimate of drug-likeness (QED) is 0.467. The molecule has 1 heteroatoms. The smallest absolute Gasteiger partial charge is 0.0606 e. The van der Waals surface area contributed by atoms with Gasteiger partial charge in [-0.05, 0) is 18.6 Å². The minimum Gasteiger partial charge on any atom is -0.300 e. The maximum Gasteiger partial charge on any atom is 0.0606 e. The second kappa shape index (κ2) is 5.42. The Morgan fingerprint density at radius 2 is 1.91 bits per heavy atom. The van der Waals surface area contributed by atoms with E-state index in [-0.39, 0.29) is 0 Å². The van der Waals surface area contributed by atoms with Gasteiger partial charge < -0.3 is 5.41 Å². The monoisotopic (exact) mass is 147 g/mol. The average Bonchev–Trinajstić information content (AvgIpc) is 2.05. The Morgan fingerprint density at radius 1 is 1.27 bits per heavy atom. The highest BCUT2D eigenvalue weighted by molar-refractivity contribution is 6.07. The maximum atomic E-state index is 7.38. The average molecular weight is 147 g/mol. The number of rotatable bonds is 4. The van der Waals surface area contributed by atoms with Gasteiger partial charge in [-0.2, -0.15) is 0 Å². The van der Waals surface area contributed by atoms with Crippen molar-refractivity contribution >= 4 is 5.71 Å². The summed E-state index contributed by atoms with van der Waals surface area (Å²) in [6.07, 6.45) is 8.74. The van der Waals surface area contributed by atoms with Crippen LogP contribution in [0.2, 0.25) is 0 Å². The molecule has 0 aliphatic carbocycles. The molecule has 0 spiro atoms. The number of nitrogens with one attached hydrogen (secondary N) is 1. The molecule has 0 aliphatic heterocycles. The summed E-state index contributed by atoms with van der Waals surface area (Å²) in [5, 5.41) is 7.38.